The second kappa shape index (κ2) is 11.0. The molecule has 3 N–H and O–H groups in total. The summed E-state index contributed by atoms with van der Waals surface area (Å²) < 4.78 is 39.1. The van der Waals surface area contributed by atoms with Crippen LogP contribution in [0.25, 0.3) is 10.8 Å². The molecule has 4 aromatic carbocycles. The first-order valence-corrected chi connectivity index (χ1v) is 13.4. The number of ether oxygens (including phenoxy) is 1. The molecule has 0 bridgehead atoms. The molecule has 0 aliphatic carbocycles. The third-order valence-corrected chi connectivity index (χ3v) is 7.30. The Morgan fingerprint density at radius 3 is 2.45 bits per heavy atom. The van der Waals surface area contributed by atoms with E-state index in [1.165, 1.54) is 31.2 Å². The number of hydrogen-bond donors (Lipinski definition) is 3. The van der Waals surface area contributed by atoms with Crippen LogP contribution in [0.3, 0.4) is 0 Å². The van der Waals surface area contributed by atoms with Crippen molar-refractivity contribution in [1.82, 2.24) is 0 Å². The van der Waals surface area contributed by atoms with E-state index in [0.717, 1.165) is 0 Å². The maximum atomic E-state index is 13.1. The van der Waals surface area contributed by atoms with Crippen molar-refractivity contribution in [3.05, 3.63) is 81.8 Å². The number of nitrogens with zero attached hydrogens (tertiary/aromatic N) is 2. The summed E-state index contributed by atoms with van der Waals surface area (Å²) in [5, 5.41) is 23.2. The molecular formula is C26H21Cl2N3O6S. The van der Waals surface area contributed by atoms with Gasteiger partial charge in [-0.2, -0.15) is 8.42 Å². The zero-order chi connectivity index (χ0) is 27.6. The number of carbonyl (C=O) groups excluding carboxylic acids is 1. The number of phenols is 1. The highest BCUT2D eigenvalue weighted by Gasteiger charge is 2.22. The van der Waals surface area contributed by atoms with E-state index in [-0.39, 0.29) is 27.5 Å². The highest BCUT2D eigenvalue weighted by atomic mass is 35.5. The van der Waals surface area contributed by atoms with Gasteiger partial charge in [0.1, 0.15) is 22.0 Å². The lowest BCUT2D eigenvalue weighted by atomic mass is 10.0. The molecule has 0 atom stereocenters. The topological polar surface area (TPSA) is 138 Å². The summed E-state index contributed by atoms with van der Waals surface area (Å²) in [5.74, 6) is -0.669. The van der Waals surface area contributed by atoms with Gasteiger partial charge in [0.25, 0.3) is 16.0 Å². The molecule has 9 nitrogen and oxygen atoms in total. The van der Waals surface area contributed by atoms with Gasteiger partial charge in [0.15, 0.2) is 5.75 Å². The monoisotopic (exact) mass is 573 g/mol. The number of phenolic OH excluding ortho intramolecular Hbond substituents is 1. The highest BCUT2D eigenvalue weighted by molar-refractivity contribution is 7.86. The van der Waals surface area contributed by atoms with Crippen molar-refractivity contribution >= 4 is 67.1 Å². The van der Waals surface area contributed by atoms with Crippen molar-refractivity contribution in [2.24, 2.45) is 10.2 Å². The first kappa shape index (κ1) is 27.3. The van der Waals surface area contributed by atoms with Gasteiger partial charge in [0.2, 0.25) is 0 Å². The molecule has 38 heavy (non-hydrogen) atoms. The van der Waals surface area contributed by atoms with Gasteiger partial charge in [-0.15, -0.1) is 10.2 Å². The Bertz CT molecular complexity index is 1710. The molecule has 0 heterocycles. The molecule has 0 spiro atoms. The van der Waals surface area contributed by atoms with Crippen LogP contribution in [0.4, 0.5) is 17.1 Å². The lowest BCUT2D eigenvalue weighted by molar-refractivity contribution is 0.102. The quantitative estimate of drug-likeness (QED) is 0.155. The van der Waals surface area contributed by atoms with Crippen LogP contribution < -0.4 is 10.1 Å². The number of azo groups is 1. The molecule has 0 unspecified atom stereocenters. The van der Waals surface area contributed by atoms with Gasteiger partial charge < -0.3 is 15.2 Å². The van der Waals surface area contributed by atoms with E-state index < -0.39 is 26.7 Å². The predicted molar refractivity (Wildman–Crippen MR) is 146 cm³/mol. The van der Waals surface area contributed by atoms with Gasteiger partial charge in [-0.25, -0.2) is 0 Å². The number of rotatable bonds is 7. The van der Waals surface area contributed by atoms with Crippen LogP contribution in [0, 0.1) is 6.92 Å². The number of carbonyl (C=O) groups is 1. The summed E-state index contributed by atoms with van der Waals surface area (Å²) in [5.41, 5.74) is 0.0732. The van der Waals surface area contributed by atoms with Gasteiger partial charge in [-0.1, -0.05) is 47.5 Å². The lowest BCUT2D eigenvalue weighted by Crippen LogP contribution is -2.12. The second-order valence-corrected chi connectivity index (χ2v) is 10.2. The van der Waals surface area contributed by atoms with E-state index in [1.807, 2.05) is 6.92 Å². The van der Waals surface area contributed by atoms with Crippen LogP contribution in [0.1, 0.15) is 22.8 Å². The molecule has 0 saturated carbocycles. The van der Waals surface area contributed by atoms with E-state index in [0.29, 0.717) is 33.8 Å². The van der Waals surface area contributed by atoms with Crippen molar-refractivity contribution in [3.8, 4) is 11.5 Å². The fourth-order valence-electron chi connectivity index (χ4n) is 3.80. The number of fused-ring (bicyclic) bond motifs is 1. The molecule has 0 aliphatic rings. The molecule has 0 saturated heterocycles. The molecular weight excluding hydrogens is 553 g/mol. The number of amides is 1. The van der Waals surface area contributed by atoms with Crippen LogP contribution in [-0.4, -0.2) is 30.6 Å². The molecule has 4 aromatic rings. The van der Waals surface area contributed by atoms with Crippen molar-refractivity contribution < 1.29 is 27.6 Å². The van der Waals surface area contributed by atoms with Crippen molar-refractivity contribution in [2.45, 2.75) is 18.7 Å². The number of benzene rings is 4. The lowest BCUT2D eigenvalue weighted by Gasteiger charge is -2.12. The number of aromatic hydroxyl groups is 1. The predicted octanol–water partition coefficient (Wildman–Crippen LogP) is 7.47. The van der Waals surface area contributed by atoms with Crippen LogP contribution in [-0.2, 0) is 10.1 Å². The molecule has 0 aromatic heterocycles. The summed E-state index contributed by atoms with van der Waals surface area (Å²) in [6.45, 7) is 3.66. The zero-order valence-corrected chi connectivity index (χ0v) is 22.4. The number of anilines is 1. The van der Waals surface area contributed by atoms with E-state index in [4.69, 9.17) is 27.9 Å². The Hall–Kier alpha value is -3.70. The van der Waals surface area contributed by atoms with Gasteiger partial charge >= 0.3 is 0 Å². The number of halogens is 2. The van der Waals surface area contributed by atoms with E-state index in [2.05, 4.69) is 15.5 Å². The van der Waals surface area contributed by atoms with E-state index >= 15 is 0 Å². The summed E-state index contributed by atoms with van der Waals surface area (Å²) in [4.78, 5) is 12.6. The average molecular weight is 574 g/mol. The Kier molecular flexibility index (Phi) is 7.89. The summed E-state index contributed by atoms with van der Waals surface area (Å²) in [6, 6.07) is 15.7. The van der Waals surface area contributed by atoms with Crippen molar-refractivity contribution in [1.29, 1.82) is 0 Å². The summed E-state index contributed by atoms with van der Waals surface area (Å²) in [6.07, 6.45) is 0. The van der Waals surface area contributed by atoms with Gasteiger partial charge in [-0.05, 0) is 61.2 Å². The summed E-state index contributed by atoms with van der Waals surface area (Å²) >= 11 is 12.2. The largest absolute Gasteiger partial charge is 0.505 e. The Morgan fingerprint density at radius 2 is 1.76 bits per heavy atom. The minimum atomic E-state index is -4.69. The third kappa shape index (κ3) is 5.58. The van der Waals surface area contributed by atoms with Crippen molar-refractivity contribution in [2.75, 3.05) is 11.9 Å². The minimum Gasteiger partial charge on any atom is -0.505 e. The molecule has 0 radical (unpaired) electrons. The van der Waals surface area contributed by atoms with Gasteiger partial charge in [-0.3, -0.25) is 9.35 Å². The Morgan fingerprint density at radius 1 is 1.03 bits per heavy atom. The third-order valence-electron chi connectivity index (χ3n) is 5.56. The number of hydrogen-bond acceptors (Lipinski definition) is 7. The Labute approximate surface area is 228 Å². The molecule has 4 rings (SSSR count). The average Bonchev–Trinajstić information content (AvgIpc) is 2.86. The molecule has 1 amide bonds. The second-order valence-electron chi connectivity index (χ2n) is 8.07. The first-order chi connectivity index (χ1) is 18.0. The maximum absolute atomic E-state index is 13.1. The smallest absolute Gasteiger partial charge is 0.297 e. The molecule has 12 heteroatoms. The fourth-order valence-corrected chi connectivity index (χ4v) is 5.12. The number of nitrogens with one attached hydrogen (secondary N) is 1. The molecule has 0 fully saturated rings. The van der Waals surface area contributed by atoms with E-state index in [9.17, 15) is 22.9 Å². The standard InChI is InChI=1S/C26H21Cl2N3O6S/c1-3-37-22-11-8-16(13-20(22)28)29-26(33)18-12-15-6-4-5-7-17(15)23(24(18)32)31-30-21-10-9-19(27)14(2)25(21)38(34,35)36/h4-13,32H,3H2,1-2H3,(H,29,33)(H,34,35,36). The SMILES string of the molecule is CCOc1ccc(NC(=O)c2cc3ccccc3c(N=Nc3ccc(Cl)c(C)c3S(=O)(=O)O)c2O)cc1Cl. The van der Waals surface area contributed by atoms with Crippen LogP contribution in [0.2, 0.25) is 10.0 Å². The maximum Gasteiger partial charge on any atom is 0.297 e. The molecule has 0 aliphatic heterocycles. The van der Waals surface area contributed by atoms with E-state index in [1.54, 1.807) is 36.4 Å². The Balaban J connectivity index is 1.79. The van der Waals surface area contributed by atoms with Crippen LogP contribution in [0.5, 0.6) is 11.5 Å². The van der Waals surface area contributed by atoms with Crippen LogP contribution in [0.15, 0.2) is 75.8 Å². The fraction of sp³-hybridized carbons (Fsp3) is 0.115. The summed E-state index contributed by atoms with van der Waals surface area (Å²) in [7, 11) is -4.69. The van der Waals surface area contributed by atoms with Gasteiger partial charge in [0, 0.05) is 16.1 Å². The minimum absolute atomic E-state index is 0.0770. The normalized spacial score (nSPS) is 11.7. The van der Waals surface area contributed by atoms with Crippen molar-refractivity contribution in [3.63, 3.8) is 0 Å². The van der Waals surface area contributed by atoms with Crippen LogP contribution >= 0.6 is 23.2 Å². The molecule has 196 valence electrons. The first-order valence-electron chi connectivity index (χ1n) is 11.2. The zero-order valence-electron chi connectivity index (χ0n) is 20.1. The highest BCUT2D eigenvalue weighted by Crippen LogP contribution is 2.41. The van der Waals surface area contributed by atoms with Gasteiger partial charge in [0.05, 0.1) is 17.2 Å².